The minimum atomic E-state index is -4.64. The summed E-state index contributed by atoms with van der Waals surface area (Å²) >= 11 is 5.53. The second-order valence-electron chi connectivity index (χ2n) is 4.76. The number of alkyl halides is 3. The molecule has 0 aromatic heterocycles. The van der Waals surface area contributed by atoms with Crippen molar-refractivity contribution in [1.29, 1.82) is 0 Å². The number of rotatable bonds is 7. The molecule has 1 aromatic rings. The quantitative estimate of drug-likeness (QED) is 0.605. The van der Waals surface area contributed by atoms with E-state index in [0.29, 0.717) is 0 Å². The van der Waals surface area contributed by atoms with Crippen molar-refractivity contribution >= 4 is 23.4 Å². The summed E-state index contributed by atoms with van der Waals surface area (Å²) < 4.78 is 43.3. The molecule has 1 N–H and O–H groups in total. The first-order valence-electron chi connectivity index (χ1n) is 6.86. The zero-order valence-corrected chi connectivity index (χ0v) is 13.1. The second kappa shape index (κ2) is 8.31. The standard InChI is InChI=1S/C15H16ClF3O4/c1-2-23-14(22)10(13(21)5-6-20)7-9-3-4-12(16)11(8-9)15(17,18)19/h3-4,8,10,20H,2,5-7H2,1H3. The average Bonchev–Trinajstić information content (AvgIpc) is 2.45. The highest BCUT2D eigenvalue weighted by Gasteiger charge is 2.34. The summed E-state index contributed by atoms with van der Waals surface area (Å²) in [6.07, 6.45) is -5.16. The van der Waals surface area contributed by atoms with Crippen LogP contribution in [0.4, 0.5) is 13.2 Å². The van der Waals surface area contributed by atoms with Gasteiger partial charge in [0, 0.05) is 13.0 Å². The minimum Gasteiger partial charge on any atom is -0.465 e. The molecule has 1 aromatic carbocycles. The molecule has 0 radical (unpaired) electrons. The van der Waals surface area contributed by atoms with Gasteiger partial charge in [-0.05, 0) is 31.0 Å². The molecule has 0 aliphatic rings. The number of esters is 1. The van der Waals surface area contributed by atoms with Crippen molar-refractivity contribution in [3.05, 3.63) is 34.3 Å². The maximum absolute atomic E-state index is 12.8. The number of hydrogen-bond donors (Lipinski definition) is 1. The van der Waals surface area contributed by atoms with Crippen LogP contribution < -0.4 is 0 Å². The fourth-order valence-electron chi connectivity index (χ4n) is 2.01. The van der Waals surface area contributed by atoms with Gasteiger partial charge in [-0.15, -0.1) is 0 Å². The summed E-state index contributed by atoms with van der Waals surface area (Å²) in [5.74, 6) is -2.67. The molecule has 0 heterocycles. The van der Waals surface area contributed by atoms with Crippen molar-refractivity contribution in [2.75, 3.05) is 13.2 Å². The Labute approximate surface area is 136 Å². The monoisotopic (exact) mass is 352 g/mol. The van der Waals surface area contributed by atoms with E-state index >= 15 is 0 Å². The van der Waals surface area contributed by atoms with Gasteiger partial charge in [-0.25, -0.2) is 0 Å². The third-order valence-electron chi connectivity index (χ3n) is 3.09. The molecular weight excluding hydrogens is 337 g/mol. The molecule has 128 valence electrons. The molecule has 0 spiro atoms. The number of ketones is 1. The molecule has 1 rings (SSSR count). The summed E-state index contributed by atoms with van der Waals surface area (Å²) in [4.78, 5) is 23.7. The van der Waals surface area contributed by atoms with E-state index in [4.69, 9.17) is 21.4 Å². The Balaban J connectivity index is 3.08. The van der Waals surface area contributed by atoms with Crippen molar-refractivity contribution in [3.8, 4) is 0 Å². The highest BCUT2D eigenvalue weighted by Crippen LogP contribution is 2.35. The number of aliphatic hydroxyl groups is 1. The lowest BCUT2D eigenvalue weighted by Crippen LogP contribution is -2.29. The average molecular weight is 353 g/mol. The van der Waals surface area contributed by atoms with Crippen molar-refractivity contribution in [1.82, 2.24) is 0 Å². The van der Waals surface area contributed by atoms with E-state index in [2.05, 4.69) is 0 Å². The van der Waals surface area contributed by atoms with Crippen molar-refractivity contribution in [2.45, 2.75) is 25.9 Å². The highest BCUT2D eigenvalue weighted by molar-refractivity contribution is 6.31. The van der Waals surface area contributed by atoms with E-state index in [1.165, 1.54) is 6.07 Å². The van der Waals surface area contributed by atoms with Gasteiger partial charge in [0.15, 0.2) is 0 Å². The number of Topliss-reactive ketones (excluding diaryl/α,β-unsaturated/α-hetero) is 1. The lowest BCUT2D eigenvalue weighted by Gasteiger charge is -2.16. The topological polar surface area (TPSA) is 63.6 Å². The van der Waals surface area contributed by atoms with Crippen LogP contribution in [0.25, 0.3) is 0 Å². The Morgan fingerprint density at radius 3 is 2.52 bits per heavy atom. The van der Waals surface area contributed by atoms with Gasteiger partial charge in [0.1, 0.15) is 11.7 Å². The third-order valence-corrected chi connectivity index (χ3v) is 3.42. The van der Waals surface area contributed by atoms with E-state index in [1.807, 2.05) is 0 Å². The van der Waals surface area contributed by atoms with Gasteiger partial charge < -0.3 is 9.84 Å². The van der Waals surface area contributed by atoms with Crippen LogP contribution in [-0.2, 0) is 26.9 Å². The highest BCUT2D eigenvalue weighted by atomic mass is 35.5. The van der Waals surface area contributed by atoms with Crippen molar-refractivity contribution in [2.24, 2.45) is 5.92 Å². The fraction of sp³-hybridized carbons (Fsp3) is 0.467. The van der Waals surface area contributed by atoms with Crippen LogP contribution in [0.15, 0.2) is 18.2 Å². The van der Waals surface area contributed by atoms with Crippen LogP contribution in [0, 0.1) is 5.92 Å². The Kier molecular flexibility index (Phi) is 7.02. The number of halogens is 4. The van der Waals surface area contributed by atoms with Crippen LogP contribution in [0.2, 0.25) is 5.02 Å². The lowest BCUT2D eigenvalue weighted by molar-refractivity contribution is -0.151. The Bertz CT molecular complexity index is 554. The molecular formula is C15H16ClF3O4. The van der Waals surface area contributed by atoms with Crippen LogP contribution in [-0.4, -0.2) is 30.1 Å². The molecule has 4 nitrogen and oxygen atoms in total. The SMILES string of the molecule is CCOC(=O)C(Cc1ccc(Cl)c(C(F)(F)F)c1)C(=O)CCO. The molecule has 0 saturated carbocycles. The molecule has 0 saturated heterocycles. The normalized spacial score (nSPS) is 12.8. The van der Waals surface area contributed by atoms with Crippen LogP contribution in [0.3, 0.4) is 0 Å². The minimum absolute atomic E-state index is 0.0379. The Hall–Kier alpha value is -1.60. The van der Waals surface area contributed by atoms with E-state index in [9.17, 15) is 22.8 Å². The van der Waals surface area contributed by atoms with Gasteiger partial charge in [0.05, 0.1) is 17.2 Å². The molecule has 0 aliphatic heterocycles. The molecule has 23 heavy (non-hydrogen) atoms. The summed E-state index contributed by atoms with van der Waals surface area (Å²) in [7, 11) is 0. The van der Waals surface area contributed by atoms with Crippen LogP contribution >= 0.6 is 11.6 Å². The van der Waals surface area contributed by atoms with Gasteiger partial charge in [0.25, 0.3) is 0 Å². The van der Waals surface area contributed by atoms with Gasteiger partial charge in [-0.2, -0.15) is 13.2 Å². The smallest absolute Gasteiger partial charge is 0.417 e. The number of carbonyl (C=O) groups is 2. The molecule has 0 aliphatic carbocycles. The van der Waals surface area contributed by atoms with Crippen molar-refractivity contribution in [3.63, 3.8) is 0 Å². The third kappa shape index (κ3) is 5.51. The van der Waals surface area contributed by atoms with E-state index in [0.717, 1.165) is 12.1 Å². The summed E-state index contributed by atoms with van der Waals surface area (Å²) in [6, 6.07) is 3.19. The molecule has 0 bridgehead atoms. The van der Waals surface area contributed by atoms with Gasteiger partial charge in [0.2, 0.25) is 0 Å². The first kappa shape index (κ1) is 19.4. The van der Waals surface area contributed by atoms with E-state index in [-0.39, 0.29) is 25.0 Å². The predicted octanol–water partition coefficient (Wildman–Crippen LogP) is 3.03. The van der Waals surface area contributed by atoms with Crippen molar-refractivity contribution < 1.29 is 32.6 Å². The molecule has 1 atom stereocenters. The van der Waals surface area contributed by atoms with Crippen LogP contribution in [0.1, 0.15) is 24.5 Å². The number of aliphatic hydroxyl groups excluding tert-OH is 1. The van der Waals surface area contributed by atoms with Gasteiger partial charge >= 0.3 is 12.1 Å². The van der Waals surface area contributed by atoms with E-state index < -0.39 is 41.0 Å². The Morgan fingerprint density at radius 1 is 1.35 bits per heavy atom. The first-order valence-corrected chi connectivity index (χ1v) is 7.24. The second-order valence-corrected chi connectivity index (χ2v) is 5.17. The summed E-state index contributed by atoms with van der Waals surface area (Å²) in [5, 5.41) is 8.35. The molecule has 1 unspecified atom stereocenters. The number of ether oxygens (including phenoxy) is 1. The first-order chi connectivity index (χ1) is 10.7. The summed E-state index contributed by atoms with van der Waals surface area (Å²) in [5.41, 5.74) is -0.903. The van der Waals surface area contributed by atoms with Crippen LogP contribution in [0.5, 0.6) is 0 Å². The number of carbonyl (C=O) groups excluding carboxylic acids is 2. The molecule has 0 amide bonds. The maximum Gasteiger partial charge on any atom is 0.417 e. The molecule has 0 fully saturated rings. The lowest BCUT2D eigenvalue weighted by atomic mass is 9.93. The number of hydrogen-bond acceptors (Lipinski definition) is 4. The Morgan fingerprint density at radius 2 is 2.00 bits per heavy atom. The maximum atomic E-state index is 12.8. The summed E-state index contributed by atoms with van der Waals surface area (Å²) in [6.45, 7) is 1.13. The number of benzene rings is 1. The van der Waals surface area contributed by atoms with Gasteiger partial charge in [-0.1, -0.05) is 17.7 Å². The molecule has 8 heteroatoms. The fourth-order valence-corrected chi connectivity index (χ4v) is 2.23. The largest absolute Gasteiger partial charge is 0.465 e. The van der Waals surface area contributed by atoms with Gasteiger partial charge in [-0.3, -0.25) is 9.59 Å². The zero-order valence-electron chi connectivity index (χ0n) is 12.3. The van der Waals surface area contributed by atoms with E-state index in [1.54, 1.807) is 6.92 Å². The zero-order chi connectivity index (χ0) is 17.6. The predicted molar refractivity (Wildman–Crippen MR) is 77.0 cm³/mol.